The van der Waals surface area contributed by atoms with Crippen molar-refractivity contribution in [1.29, 1.82) is 0 Å². The molecule has 0 aromatic heterocycles. The molecule has 0 radical (unpaired) electrons. The van der Waals surface area contributed by atoms with Crippen LogP contribution in [0.15, 0.2) is 23.1 Å². The lowest BCUT2D eigenvalue weighted by atomic mass is 10.0. The number of sulfone groups is 1. The maximum absolute atomic E-state index is 11.5. The van der Waals surface area contributed by atoms with Gasteiger partial charge in [0.2, 0.25) is 0 Å². The molecule has 0 fully saturated rings. The Hall–Kier alpha value is -0.230. The maximum atomic E-state index is 11.5. The van der Waals surface area contributed by atoms with Crippen LogP contribution >= 0.6 is 23.4 Å². The summed E-state index contributed by atoms with van der Waals surface area (Å²) in [6.07, 6.45) is 2.14. The van der Waals surface area contributed by atoms with Crippen molar-refractivity contribution in [2.75, 3.05) is 23.8 Å². The number of halogens is 1. The Morgan fingerprint density at radius 2 is 2.25 bits per heavy atom. The third-order valence-electron chi connectivity index (χ3n) is 3.49. The largest absolute Gasteiger partial charge is 0.309 e. The quantitative estimate of drug-likeness (QED) is 0.898. The lowest BCUT2D eigenvalue weighted by Crippen LogP contribution is -2.28. The smallest absolute Gasteiger partial charge is 0.151 e. The number of nitrogens with one attached hydrogen (secondary N) is 1. The van der Waals surface area contributed by atoms with E-state index >= 15 is 0 Å². The van der Waals surface area contributed by atoms with Gasteiger partial charge in [-0.05, 0) is 42.4 Å². The molecule has 1 aliphatic rings. The topological polar surface area (TPSA) is 46.2 Å². The van der Waals surface area contributed by atoms with E-state index in [2.05, 4.69) is 11.4 Å². The number of rotatable bonds is 5. The van der Waals surface area contributed by atoms with E-state index in [0.29, 0.717) is 6.54 Å². The molecule has 1 N–H and O–H groups in total. The van der Waals surface area contributed by atoms with Gasteiger partial charge in [0.25, 0.3) is 0 Å². The highest BCUT2D eigenvalue weighted by molar-refractivity contribution is 7.99. The van der Waals surface area contributed by atoms with Gasteiger partial charge in [-0.1, -0.05) is 18.5 Å². The third kappa shape index (κ3) is 4.38. The summed E-state index contributed by atoms with van der Waals surface area (Å²) in [4.78, 5) is 1.25. The van der Waals surface area contributed by atoms with Crippen molar-refractivity contribution in [3.63, 3.8) is 0 Å². The summed E-state index contributed by atoms with van der Waals surface area (Å²) >= 11 is 7.94. The Kier molecular flexibility index (Phi) is 5.78. The lowest BCUT2D eigenvalue weighted by molar-refractivity contribution is 0.505. The van der Waals surface area contributed by atoms with Crippen molar-refractivity contribution < 1.29 is 8.42 Å². The zero-order valence-electron chi connectivity index (χ0n) is 11.6. The standard InChI is InChI=1S/C14H20ClNO2S2/c1-2-20(17,18)9-7-16-13-4-3-8-19-14-6-5-11(15)10-12(13)14/h5-6,10,13,16H,2-4,7-9H2,1H3. The lowest BCUT2D eigenvalue weighted by Gasteiger charge is -2.19. The van der Waals surface area contributed by atoms with Gasteiger partial charge in [0.1, 0.15) is 0 Å². The molecule has 0 spiro atoms. The van der Waals surface area contributed by atoms with Crippen molar-refractivity contribution in [2.45, 2.75) is 30.7 Å². The molecule has 1 aromatic rings. The van der Waals surface area contributed by atoms with Gasteiger partial charge in [-0.2, -0.15) is 0 Å². The van der Waals surface area contributed by atoms with E-state index in [1.165, 1.54) is 10.5 Å². The van der Waals surface area contributed by atoms with Crippen LogP contribution in [0.1, 0.15) is 31.4 Å². The first-order valence-electron chi connectivity index (χ1n) is 6.88. The van der Waals surface area contributed by atoms with Gasteiger partial charge < -0.3 is 5.32 Å². The Balaban J connectivity index is 2.07. The molecule has 1 aromatic carbocycles. The molecule has 0 saturated carbocycles. The highest BCUT2D eigenvalue weighted by Crippen LogP contribution is 2.36. The molecule has 0 amide bonds. The molecule has 3 nitrogen and oxygen atoms in total. The molecule has 0 bridgehead atoms. The maximum Gasteiger partial charge on any atom is 0.151 e. The van der Waals surface area contributed by atoms with Crippen molar-refractivity contribution in [2.24, 2.45) is 0 Å². The molecule has 0 saturated heterocycles. The van der Waals surface area contributed by atoms with E-state index in [-0.39, 0.29) is 17.5 Å². The second kappa shape index (κ2) is 7.16. The second-order valence-corrected chi connectivity index (χ2v) is 8.96. The Bertz CT molecular complexity index is 560. The molecule has 1 unspecified atom stereocenters. The van der Waals surface area contributed by atoms with Crippen LogP contribution in [0, 0.1) is 0 Å². The fourth-order valence-corrected chi connectivity index (χ4v) is 4.25. The van der Waals surface area contributed by atoms with Gasteiger partial charge in [0, 0.05) is 28.3 Å². The molecule has 1 heterocycles. The minimum Gasteiger partial charge on any atom is -0.309 e. The van der Waals surface area contributed by atoms with Crippen LogP contribution < -0.4 is 5.32 Å². The predicted molar refractivity (Wildman–Crippen MR) is 86.5 cm³/mol. The summed E-state index contributed by atoms with van der Waals surface area (Å²) in [5.74, 6) is 1.50. The average molecular weight is 334 g/mol. The Morgan fingerprint density at radius 1 is 1.45 bits per heavy atom. The zero-order chi connectivity index (χ0) is 14.6. The summed E-state index contributed by atoms with van der Waals surface area (Å²) in [6, 6.07) is 6.18. The first-order chi connectivity index (χ1) is 9.52. The van der Waals surface area contributed by atoms with E-state index in [0.717, 1.165) is 23.6 Å². The highest BCUT2D eigenvalue weighted by Gasteiger charge is 2.19. The van der Waals surface area contributed by atoms with Gasteiger partial charge >= 0.3 is 0 Å². The van der Waals surface area contributed by atoms with Crippen LogP contribution in [0.2, 0.25) is 5.02 Å². The van der Waals surface area contributed by atoms with Crippen LogP contribution in [-0.4, -0.2) is 32.2 Å². The number of hydrogen-bond acceptors (Lipinski definition) is 4. The first-order valence-corrected chi connectivity index (χ1v) is 10.1. The minimum absolute atomic E-state index is 0.197. The van der Waals surface area contributed by atoms with Gasteiger partial charge in [-0.25, -0.2) is 8.42 Å². The van der Waals surface area contributed by atoms with E-state index < -0.39 is 9.84 Å². The minimum atomic E-state index is -2.91. The normalized spacial score (nSPS) is 19.4. The number of benzene rings is 1. The van der Waals surface area contributed by atoms with E-state index in [1.54, 1.807) is 6.92 Å². The average Bonchev–Trinajstić information content (AvgIpc) is 2.61. The van der Waals surface area contributed by atoms with Gasteiger partial charge in [0.05, 0.1) is 5.75 Å². The fraction of sp³-hybridized carbons (Fsp3) is 0.571. The molecule has 0 aliphatic carbocycles. The monoisotopic (exact) mass is 333 g/mol. The third-order valence-corrected chi connectivity index (χ3v) is 6.60. The van der Waals surface area contributed by atoms with E-state index in [1.807, 2.05) is 23.9 Å². The van der Waals surface area contributed by atoms with Crippen molar-refractivity contribution in [3.05, 3.63) is 28.8 Å². The molecule has 2 rings (SSSR count). The number of fused-ring (bicyclic) bond motifs is 1. The zero-order valence-corrected chi connectivity index (χ0v) is 14.0. The fourth-order valence-electron chi connectivity index (χ4n) is 2.29. The van der Waals surface area contributed by atoms with Crippen LogP contribution in [0.3, 0.4) is 0 Å². The molecular formula is C14H20ClNO2S2. The van der Waals surface area contributed by atoms with Crippen molar-refractivity contribution >= 4 is 33.2 Å². The summed E-state index contributed by atoms with van der Waals surface area (Å²) in [5, 5.41) is 4.12. The van der Waals surface area contributed by atoms with Gasteiger partial charge in [0.15, 0.2) is 9.84 Å². The van der Waals surface area contributed by atoms with Gasteiger partial charge in [-0.3, -0.25) is 0 Å². The van der Waals surface area contributed by atoms with Crippen LogP contribution in [-0.2, 0) is 9.84 Å². The summed E-state index contributed by atoms with van der Waals surface area (Å²) in [5.41, 5.74) is 1.20. The van der Waals surface area contributed by atoms with Gasteiger partial charge in [-0.15, -0.1) is 11.8 Å². The molecule has 20 heavy (non-hydrogen) atoms. The van der Waals surface area contributed by atoms with Crippen LogP contribution in [0.5, 0.6) is 0 Å². The molecule has 112 valence electrons. The second-order valence-electron chi connectivity index (χ2n) is 4.92. The Labute approximate surface area is 130 Å². The van der Waals surface area contributed by atoms with E-state index in [4.69, 9.17) is 11.6 Å². The highest BCUT2D eigenvalue weighted by atomic mass is 35.5. The first kappa shape index (κ1) is 16.1. The molecular weight excluding hydrogens is 314 g/mol. The Morgan fingerprint density at radius 3 is 3.00 bits per heavy atom. The van der Waals surface area contributed by atoms with Crippen molar-refractivity contribution in [1.82, 2.24) is 5.32 Å². The molecule has 1 atom stereocenters. The number of thioether (sulfide) groups is 1. The summed E-state index contributed by atoms with van der Waals surface area (Å²) in [7, 11) is -2.91. The van der Waals surface area contributed by atoms with Crippen LogP contribution in [0.25, 0.3) is 0 Å². The molecule has 1 aliphatic heterocycles. The van der Waals surface area contributed by atoms with E-state index in [9.17, 15) is 8.42 Å². The number of hydrogen-bond donors (Lipinski definition) is 1. The van der Waals surface area contributed by atoms with Crippen LogP contribution in [0.4, 0.5) is 0 Å². The van der Waals surface area contributed by atoms with Crippen molar-refractivity contribution in [3.8, 4) is 0 Å². The summed E-state index contributed by atoms with van der Waals surface area (Å²) < 4.78 is 23.1. The predicted octanol–water partition coefficient (Wildman–Crippen LogP) is 3.29. The SMILES string of the molecule is CCS(=O)(=O)CCNC1CCCSc2ccc(Cl)cc21. The summed E-state index contributed by atoms with van der Waals surface area (Å²) in [6.45, 7) is 2.18. The molecule has 6 heteroatoms.